The van der Waals surface area contributed by atoms with Gasteiger partial charge in [-0.3, -0.25) is 4.79 Å². The Kier molecular flexibility index (Phi) is 11.6. The van der Waals surface area contributed by atoms with Gasteiger partial charge in [0.2, 0.25) is 5.91 Å². The smallest absolute Gasteiger partial charge is 0.407 e. The zero-order chi connectivity index (χ0) is 20.6. The van der Waals surface area contributed by atoms with Crippen LogP contribution in [0.15, 0.2) is 45.8 Å². The van der Waals surface area contributed by atoms with E-state index in [2.05, 4.69) is 27.7 Å². The molecule has 0 aliphatic rings. The lowest BCUT2D eigenvalue weighted by Gasteiger charge is -2.15. The van der Waals surface area contributed by atoms with Gasteiger partial charge in [0.15, 0.2) is 0 Å². The van der Waals surface area contributed by atoms with Gasteiger partial charge < -0.3 is 21.5 Å². The number of ether oxygens (including phenoxy) is 1. The molecule has 1 atom stereocenters. The van der Waals surface area contributed by atoms with E-state index in [0.717, 1.165) is 31.2 Å². The summed E-state index contributed by atoms with van der Waals surface area (Å²) in [4.78, 5) is 23.1. The van der Waals surface area contributed by atoms with E-state index in [1.807, 2.05) is 30.3 Å². The molecule has 0 aliphatic carbocycles. The molecule has 0 unspecified atom stereocenters. The van der Waals surface area contributed by atoms with E-state index < -0.39 is 18.0 Å². The van der Waals surface area contributed by atoms with Crippen LogP contribution >= 0.6 is 0 Å². The SMILES string of the molecule is CCCCCCOC(=O)N[C@H](CC(N)=O)C(N)=NN=NCCc1ccccc1. The van der Waals surface area contributed by atoms with E-state index in [4.69, 9.17) is 16.2 Å². The minimum atomic E-state index is -0.895. The van der Waals surface area contributed by atoms with Gasteiger partial charge in [-0.05, 0) is 23.6 Å². The number of carbonyl (C=O) groups excluding carboxylic acids is 2. The number of hydrogen-bond acceptors (Lipinski definition) is 5. The number of unbranched alkanes of at least 4 members (excludes halogenated alkanes) is 3. The van der Waals surface area contributed by atoms with Crippen molar-refractivity contribution in [2.45, 2.75) is 51.5 Å². The van der Waals surface area contributed by atoms with E-state index in [-0.39, 0.29) is 12.3 Å². The molecule has 1 aromatic carbocycles. The number of nitrogens with one attached hydrogen (secondary N) is 1. The highest BCUT2D eigenvalue weighted by molar-refractivity contribution is 5.92. The van der Waals surface area contributed by atoms with Gasteiger partial charge in [-0.2, -0.15) is 5.11 Å². The lowest BCUT2D eigenvalue weighted by Crippen LogP contribution is -2.46. The molecular weight excluding hydrogens is 360 g/mol. The molecule has 1 aromatic rings. The Morgan fingerprint density at radius 3 is 2.57 bits per heavy atom. The van der Waals surface area contributed by atoms with Crippen molar-refractivity contribution in [3.05, 3.63) is 35.9 Å². The molecule has 154 valence electrons. The maximum atomic E-state index is 11.9. The van der Waals surface area contributed by atoms with Gasteiger partial charge in [0.1, 0.15) is 11.9 Å². The number of hydrogen-bond donors (Lipinski definition) is 3. The van der Waals surface area contributed by atoms with Gasteiger partial charge in [0.05, 0.1) is 19.6 Å². The van der Waals surface area contributed by atoms with Gasteiger partial charge in [0.25, 0.3) is 0 Å². The van der Waals surface area contributed by atoms with Gasteiger partial charge >= 0.3 is 6.09 Å². The molecule has 0 saturated carbocycles. The first-order valence-electron chi connectivity index (χ1n) is 9.48. The number of amides is 2. The van der Waals surface area contributed by atoms with Crippen LogP contribution in [0, 0.1) is 0 Å². The normalized spacial score (nSPS) is 12.7. The van der Waals surface area contributed by atoms with Crippen LogP contribution in [0.1, 0.15) is 44.6 Å². The highest BCUT2D eigenvalue weighted by atomic mass is 16.5. The first-order valence-corrected chi connectivity index (χ1v) is 9.48. The summed E-state index contributed by atoms with van der Waals surface area (Å²) in [5.74, 6) is -0.697. The van der Waals surface area contributed by atoms with Crippen LogP contribution in [0.25, 0.3) is 0 Å². The lowest BCUT2D eigenvalue weighted by molar-refractivity contribution is -0.118. The number of carbonyl (C=O) groups is 2. The summed E-state index contributed by atoms with van der Waals surface area (Å²) in [6, 6.07) is 8.94. The summed E-state index contributed by atoms with van der Waals surface area (Å²) in [7, 11) is 0. The fourth-order valence-corrected chi connectivity index (χ4v) is 2.33. The molecule has 2 amide bonds. The van der Waals surface area contributed by atoms with E-state index >= 15 is 0 Å². The Morgan fingerprint density at radius 2 is 1.89 bits per heavy atom. The molecule has 9 nitrogen and oxygen atoms in total. The summed E-state index contributed by atoms with van der Waals surface area (Å²) in [5, 5.41) is 13.8. The first-order chi connectivity index (χ1) is 13.5. The second kappa shape index (κ2) is 14.1. The molecular formula is C19H30N6O3. The van der Waals surface area contributed by atoms with Crippen LogP contribution in [-0.2, 0) is 16.0 Å². The summed E-state index contributed by atoms with van der Waals surface area (Å²) in [6.07, 6.45) is 3.78. The van der Waals surface area contributed by atoms with Crippen molar-refractivity contribution in [3.8, 4) is 0 Å². The highest BCUT2D eigenvalue weighted by Gasteiger charge is 2.20. The third-order valence-corrected chi connectivity index (χ3v) is 3.85. The number of rotatable bonds is 13. The van der Waals surface area contributed by atoms with Crippen molar-refractivity contribution < 1.29 is 14.3 Å². The number of nitrogens with two attached hydrogens (primary N) is 2. The molecule has 0 heterocycles. The van der Waals surface area contributed by atoms with E-state index in [1.54, 1.807) is 0 Å². The van der Waals surface area contributed by atoms with E-state index in [0.29, 0.717) is 19.6 Å². The van der Waals surface area contributed by atoms with Crippen molar-refractivity contribution in [1.82, 2.24) is 5.32 Å². The van der Waals surface area contributed by atoms with Crippen LogP contribution in [0.5, 0.6) is 0 Å². The Bertz CT molecular complexity index is 648. The first kappa shape index (κ1) is 23.1. The minimum absolute atomic E-state index is 0.0646. The fourth-order valence-electron chi connectivity index (χ4n) is 2.33. The van der Waals surface area contributed by atoms with Crippen LogP contribution in [-0.4, -0.2) is 37.0 Å². The molecule has 0 aliphatic heterocycles. The molecule has 0 fully saturated rings. The van der Waals surface area contributed by atoms with E-state index in [9.17, 15) is 9.59 Å². The van der Waals surface area contributed by atoms with Crippen LogP contribution in [0.4, 0.5) is 4.79 Å². The molecule has 1 rings (SSSR count). The van der Waals surface area contributed by atoms with Crippen LogP contribution in [0.3, 0.4) is 0 Å². The Hall–Kier alpha value is -2.97. The third kappa shape index (κ3) is 10.9. The molecule has 9 heteroatoms. The standard InChI is InChI=1S/C19H30N6O3/c1-2-3-4-8-13-28-19(27)23-16(14-17(20)26)18(21)24-25-22-12-11-15-9-6-5-7-10-15/h5-7,9-10,16H,2-4,8,11-14H2,1H3,(H2,20,26)(H,23,27)(H2,21,22,24)/t16-/m1/s1. The second-order valence-electron chi connectivity index (χ2n) is 6.28. The predicted molar refractivity (Wildman–Crippen MR) is 108 cm³/mol. The van der Waals surface area contributed by atoms with Crippen molar-refractivity contribution in [2.75, 3.05) is 13.2 Å². The summed E-state index contributed by atoms with van der Waals surface area (Å²) in [5.41, 5.74) is 12.2. The van der Waals surface area contributed by atoms with E-state index in [1.165, 1.54) is 0 Å². The number of primary amides is 1. The van der Waals surface area contributed by atoms with Crippen molar-refractivity contribution >= 4 is 17.8 Å². The summed E-state index contributed by atoms with van der Waals surface area (Å²) in [6.45, 7) is 2.84. The molecule has 0 bridgehead atoms. The topological polar surface area (TPSA) is 145 Å². The quantitative estimate of drug-likeness (QED) is 0.156. The third-order valence-electron chi connectivity index (χ3n) is 3.85. The van der Waals surface area contributed by atoms with Gasteiger partial charge in [-0.1, -0.05) is 56.5 Å². The average Bonchev–Trinajstić information content (AvgIpc) is 2.67. The summed E-state index contributed by atoms with van der Waals surface area (Å²) >= 11 is 0. The highest BCUT2D eigenvalue weighted by Crippen LogP contribution is 2.01. The van der Waals surface area contributed by atoms with Crippen molar-refractivity contribution in [1.29, 1.82) is 0 Å². The Labute approximate surface area is 165 Å². The molecule has 0 aromatic heterocycles. The number of alkyl carbamates (subject to hydrolysis) is 1. The number of nitrogens with zero attached hydrogens (tertiary/aromatic N) is 3. The largest absolute Gasteiger partial charge is 0.450 e. The second-order valence-corrected chi connectivity index (χ2v) is 6.28. The number of benzene rings is 1. The zero-order valence-corrected chi connectivity index (χ0v) is 16.3. The molecule has 0 spiro atoms. The number of amidine groups is 1. The molecule has 0 saturated heterocycles. The Balaban J connectivity index is 2.47. The van der Waals surface area contributed by atoms with Gasteiger partial charge in [-0.15, -0.1) is 5.10 Å². The average molecular weight is 390 g/mol. The van der Waals surface area contributed by atoms with Crippen LogP contribution < -0.4 is 16.8 Å². The van der Waals surface area contributed by atoms with Crippen molar-refractivity contribution in [2.24, 2.45) is 26.9 Å². The predicted octanol–water partition coefficient (Wildman–Crippen LogP) is 2.50. The van der Waals surface area contributed by atoms with Crippen molar-refractivity contribution in [3.63, 3.8) is 0 Å². The molecule has 28 heavy (non-hydrogen) atoms. The zero-order valence-electron chi connectivity index (χ0n) is 16.3. The van der Waals surface area contributed by atoms with Gasteiger partial charge in [0, 0.05) is 0 Å². The monoisotopic (exact) mass is 390 g/mol. The lowest BCUT2D eigenvalue weighted by atomic mass is 10.2. The maximum Gasteiger partial charge on any atom is 0.407 e. The maximum absolute atomic E-state index is 11.9. The fraction of sp³-hybridized carbons (Fsp3) is 0.526. The van der Waals surface area contributed by atoms with Crippen LogP contribution in [0.2, 0.25) is 0 Å². The summed E-state index contributed by atoms with van der Waals surface area (Å²) < 4.78 is 5.08. The molecule has 0 radical (unpaired) electrons. The minimum Gasteiger partial charge on any atom is -0.450 e. The molecule has 5 N–H and O–H groups in total. The Morgan fingerprint density at radius 1 is 1.14 bits per heavy atom. The van der Waals surface area contributed by atoms with Gasteiger partial charge in [-0.25, -0.2) is 4.79 Å².